The molecule has 1 N–H and O–H groups in total. The van der Waals surface area contributed by atoms with Crippen LogP contribution in [0, 0.1) is 0 Å². The Morgan fingerprint density at radius 1 is 1.39 bits per heavy atom. The summed E-state index contributed by atoms with van der Waals surface area (Å²) in [4.78, 5) is 19.3. The quantitative estimate of drug-likeness (QED) is 0.733. The normalized spacial score (nSPS) is 12.7. The molecule has 0 amide bonds. The second kappa shape index (κ2) is 6.64. The average molecular weight is 378 g/mol. The molecule has 0 spiro atoms. The Balaban J connectivity index is 1.92. The number of hydrogen-bond acceptors (Lipinski definition) is 5. The van der Waals surface area contributed by atoms with Gasteiger partial charge in [0.2, 0.25) is 5.82 Å². The van der Waals surface area contributed by atoms with E-state index in [1.165, 1.54) is 0 Å². The molecule has 0 aliphatic carbocycles. The van der Waals surface area contributed by atoms with Crippen molar-refractivity contribution in [2.24, 2.45) is 0 Å². The van der Waals surface area contributed by atoms with Crippen LogP contribution in [-0.4, -0.2) is 21.2 Å². The second-order valence-electron chi connectivity index (χ2n) is 5.29. The molecule has 3 aromatic rings. The molecule has 0 aliphatic heterocycles. The van der Waals surface area contributed by atoms with Crippen LogP contribution in [0.5, 0.6) is 0 Å². The second-order valence-corrected chi connectivity index (χ2v) is 6.20. The number of benzene rings is 1. The zero-order valence-electron chi connectivity index (χ0n) is 12.8. The molecule has 1 unspecified atom stereocenters. The number of nitrogens with one attached hydrogen (secondary N) is 1. The number of pyridine rings is 1. The van der Waals surface area contributed by atoms with E-state index >= 15 is 0 Å². The van der Waals surface area contributed by atoms with E-state index in [2.05, 4.69) is 31.1 Å². The van der Waals surface area contributed by atoms with Crippen LogP contribution in [0.15, 0.2) is 38.1 Å². The van der Waals surface area contributed by atoms with E-state index in [4.69, 9.17) is 9.26 Å². The van der Waals surface area contributed by atoms with E-state index < -0.39 is 0 Å². The van der Waals surface area contributed by atoms with Gasteiger partial charge < -0.3 is 14.2 Å². The molecule has 7 heteroatoms. The standard InChI is InChI=1S/C16H16BrN3O3/c1-3-9(2)22-8-14-19-15(20-23-14)12-7-10-6-11(17)4-5-13(10)18-16(12)21/h4-7,9H,3,8H2,1-2H3,(H,18,21). The Morgan fingerprint density at radius 2 is 2.22 bits per heavy atom. The van der Waals surface area contributed by atoms with Crippen molar-refractivity contribution in [3.05, 3.63) is 45.0 Å². The van der Waals surface area contributed by atoms with Gasteiger partial charge in [-0.25, -0.2) is 0 Å². The van der Waals surface area contributed by atoms with Crippen molar-refractivity contribution >= 4 is 26.8 Å². The lowest BCUT2D eigenvalue weighted by Gasteiger charge is -2.06. The summed E-state index contributed by atoms with van der Waals surface area (Å²) < 4.78 is 11.6. The van der Waals surface area contributed by atoms with Crippen LogP contribution in [0.25, 0.3) is 22.3 Å². The van der Waals surface area contributed by atoms with Gasteiger partial charge in [0.05, 0.1) is 11.7 Å². The summed E-state index contributed by atoms with van der Waals surface area (Å²) in [6.07, 6.45) is 1.02. The van der Waals surface area contributed by atoms with E-state index in [-0.39, 0.29) is 24.1 Å². The molecule has 6 nitrogen and oxygen atoms in total. The fourth-order valence-electron chi connectivity index (χ4n) is 2.10. The molecule has 2 heterocycles. The predicted molar refractivity (Wildman–Crippen MR) is 90.1 cm³/mol. The van der Waals surface area contributed by atoms with Crippen LogP contribution in [0.4, 0.5) is 0 Å². The maximum absolute atomic E-state index is 12.2. The molecule has 0 fully saturated rings. The number of aromatic amines is 1. The van der Waals surface area contributed by atoms with Crippen molar-refractivity contribution in [3.8, 4) is 11.4 Å². The first-order valence-electron chi connectivity index (χ1n) is 7.34. The highest BCUT2D eigenvalue weighted by Crippen LogP contribution is 2.21. The summed E-state index contributed by atoms with van der Waals surface area (Å²) >= 11 is 3.42. The Morgan fingerprint density at radius 3 is 3.00 bits per heavy atom. The summed E-state index contributed by atoms with van der Waals surface area (Å²) in [5.41, 5.74) is 0.870. The first-order valence-corrected chi connectivity index (χ1v) is 8.13. The van der Waals surface area contributed by atoms with Crippen LogP contribution >= 0.6 is 15.9 Å². The van der Waals surface area contributed by atoms with E-state index in [1.807, 2.05) is 32.0 Å². The fraction of sp³-hybridized carbons (Fsp3) is 0.312. The fourth-order valence-corrected chi connectivity index (χ4v) is 2.48. The highest BCUT2D eigenvalue weighted by atomic mass is 79.9. The van der Waals surface area contributed by atoms with Crippen molar-refractivity contribution < 1.29 is 9.26 Å². The molecule has 23 heavy (non-hydrogen) atoms. The summed E-state index contributed by atoms with van der Waals surface area (Å²) in [5, 5.41) is 4.77. The molecular weight excluding hydrogens is 362 g/mol. The minimum absolute atomic E-state index is 0.117. The van der Waals surface area contributed by atoms with E-state index in [9.17, 15) is 4.79 Å². The van der Waals surface area contributed by atoms with Crippen LogP contribution in [0.3, 0.4) is 0 Å². The molecule has 120 valence electrons. The number of fused-ring (bicyclic) bond motifs is 1. The third kappa shape index (κ3) is 3.51. The maximum Gasteiger partial charge on any atom is 0.259 e. The summed E-state index contributed by atoms with van der Waals surface area (Å²) in [6.45, 7) is 4.25. The van der Waals surface area contributed by atoms with E-state index in [0.29, 0.717) is 11.5 Å². The van der Waals surface area contributed by atoms with Gasteiger partial charge >= 0.3 is 0 Å². The smallest absolute Gasteiger partial charge is 0.259 e. The van der Waals surface area contributed by atoms with Gasteiger partial charge in [-0.05, 0) is 37.6 Å². The van der Waals surface area contributed by atoms with Gasteiger partial charge in [-0.2, -0.15) is 4.98 Å². The van der Waals surface area contributed by atoms with Gasteiger partial charge in [-0.3, -0.25) is 4.79 Å². The SMILES string of the molecule is CCC(C)OCc1nc(-c2cc3cc(Br)ccc3[nH]c2=O)no1. The monoisotopic (exact) mass is 377 g/mol. The van der Waals surface area contributed by atoms with Crippen molar-refractivity contribution in [2.75, 3.05) is 0 Å². The van der Waals surface area contributed by atoms with Crippen molar-refractivity contribution in [3.63, 3.8) is 0 Å². The van der Waals surface area contributed by atoms with Crippen LogP contribution < -0.4 is 5.56 Å². The number of halogens is 1. The Kier molecular flexibility index (Phi) is 4.58. The molecule has 0 radical (unpaired) electrons. The van der Waals surface area contributed by atoms with Gasteiger partial charge in [-0.1, -0.05) is 28.0 Å². The number of rotatable bonds is 5. The lowest BCUT2D eigenvalue weighted by atomic mass is 10.1. The zero-order chi connectivity index (χ0) is 16.4. The Bertz CT molecular complexity index is 888. The average Bonchev–Trinajstić information content (AvgIpc) is 3.01. The zero-order valence-corrected chi connectivity index (χ0v) is 14.4. The summed E-state index contributed by atoms with van der Waals surface area (Å²) in [7, 11) is 0. The van der Waals surface area contributed by atoms with Crippen molar-refractivity contribution in [2.45, 2.75) is 33.0 Å². The van der Waals surface area contributed by atoms with Gasteiger partial charge in [0.15, 0.2) is 0 Å². The first-order chi connectivity index (χ1) is 11.1. The summed E-state index contributed by atoms with van der Waals surface area (Å²) in [6, 6.07) is 7.38. The minimum Gasteiger partial charge on any atom is -0.369 e. The number of nitrogens with zero attached hydrogens (tertiary/aromatic N) is 2. The molecule has 1 atom stereocenters. The molecule has 0 saturated heterocycles. The van der Waals surface area contributed by atoms with Crippen molar-refractivity contribution in [1.82, 2.24) is 15.1 Å². The molecule has 0 saturated carbocycles. The lowest BCUT2D eigenvalue weighted by molar-refractivity contribution is 0.0352. The third-order valence-corrected chi connectivity index (χ3v) is 4.07. The van der Waals surface area contributed by atoms with Crippen LogP contribution in [-0.2, 0) is 11.3 Å². The molecule has 3 rings (SSSR count). The van der Waals surface area contributed by atoms with Crippen LogP contribution in [0.1, 0.15) is 26.2 Å². The minimum atomic E-state index is -0.255. The molecular formula is C16H16BrN3O3. The largest absolute Gasteiger partial charge is 0.369 e. The Labute approximate surface area is 141 Å². The van der Waals surface area contributed by atoms with Crippen LogP contribution in [0.2, 0.25) is 0 Å². The number of ether oxygens (including phenoxy) is 1. The number of H-pyrrole nitrogens is 1. The predicted octanol–water partition coefficient (Wildman–Crippen LogP) is 3.66. The first kappa shape index (κ1) is 15.9. The highest BCUT2D eigenvalue weighted by Gasteiger charge is 2.14. The lowest BCUT2D eigenvalue weighted by Crippen LogP contribution is -2.09. The highest BCUT2D eigenvalue weighted by molar-refractivity contribution is 9.10. The maximum atomic E-state index is 12.2. The third-order valence-electron chi connectivity index (χ3n) is 3.58. The van der Waals surface area contributed by atoms with E-state index in [0.717, 1.165) is 21.8 Å². The molecule has 0 bridgehead atoms. The summed E-state index contributed by atoms with van der Waals surface area (Å²) in [5.74, 6) is 0.616. The number of hydrogen-bond donors (Lipinski definition) is 1. The topological polar surface area (TPSA) is 81.0 Å². The van der Waals surface area contributed by atoms with Gasteiger partial charge in [0.25, 0.3) is 11.4 Å². The van der Waals surface area contributed by atoms with Crippen molar-refractivity contribution in [1.29, 1.82) is 0 Å². The number of aromatic nitrogens is 3. The molecule has 2 aromatic heterocycles. The van der Waals surface area contributed by atoms with Gasteiger partial charge in [0, 0.05) is 15.4 Å². The Hall–Kier alpha value is -1.99. The van der Waals surface area contributed by atoms with Gasteiger partial charge in [0.1, 0.15) is 6.61 Å². The van der Waals surface area contributed by atoms with Gasteiger partial charge in [-0.15, -0.1) is 0 Å². The van der Waals surface area contributed by atoms with E-state index in [1.54, 1.807) is 6.07 Å². The molecule has 1 aromatic carbocycles. The molecule has 0 aliphatic rings.